The number of alkyl halides is 3. The number of rotatable bonds is 6. The first-order chi connectivity index (χ1) is 19.6. The lowest BCUT2D eigenvalue weighted by molar-refractivity contribution is -0.137. The molecule has 0 atom stereocenters. The predicted molar refractivity (Wildman–Crippen MR) is 147 cm³/mol. The largest absolute Gasteiger partial charge is 0.416 e. The summed E-state index contributed by atoms with van der Waals surface area (Å²) < 4.78 is 40.0. The Morgan fingerprint density at radius 1 is 1.10 bits per heavy atom. The zero-order valence-electron chi connectivity index (χ0n) is 22.4. The number of anilines is 2. The lowest BCUT2D eigenvalue weighted by atomic mass is 9.99. The smallest absolute Gasteiger partial charge is 0.355 e. The lowest BCUT2D eigenvalue weighted by Crippen LogP contribution is -2.41. The van der Waals surface area contributed by atoms with Crippen molar-refractivity contribution in [2.75, 3.05) is 23.7 Å². The van der Waals surface area contributed by atoms with Crippen LogP contribution in [0.25, 0.3) is 0 Å². The molecule has 3 aromatic rings. The summed E-state index contributed by atoms with van der Waals surface area (Å²) in [6.45, 7) is 2.61. The summed E-state index contributed by atoms with van der Waals surface area (Å²) in [6.07, 6.45) is -2.64. The molecule has 0 bridgehead atoms. The van der Waals surface area contributed by atoms with Crippen molar-refractivity contribution in [3.05, 3.63) is 86.3 Å². The second kappa shape index (κ2) is 11.5. The van der Waals surface area contributed by atoms with Gasteiger partial charge < -0.3 is 15.5 Å². The fourth-order valence-electron chi connectivity index (χ4n) is 5.01. The molecule has 2 aliphatic heterocycles. The molecule has 0 radical (unpaired) electrons. The van der Waals surface area contributed by atoms with Gasteiger partial charge in [0, 0.05) is 37.2 Å². The highest BCUT2D eigenvalue weighted by Gasteiger charge is 2.30. The lowest BCUT2D eigenvalue weighted by Gasteiger charge is -2.29. The number of halogens is 3. The van der Waals surface area contributed by atoms with Gasteiger partial charge in [-0.05, 0) is 61.2 Å². The Morgan fingerprint density at radius 3 is 2.61 bits per heavy atom. The van der Waals surface area contributed by atoms with Gasteiger partial charge in [-0.15, -0.1) is 5.92 Å². The van der Waals surface area contributed by atoms with Gasteiger partial charge in [-0.1, -0.05) is 18.1 Å². The summed E-state index contributed by atoms with van der Waals surface area (Å²) in [5.41, 5.74) is 2.86. The maximum absolute atomic E-state index is 13.6. The summed E-state index contributed by atoms with van der Waals surface area (Å²) in [5.74, 6) is 5.75. The fourth-order valence-corrected chi connectivity index (χ4v) is 5.01. The normalized spacial score (nSPS) is 14.3. The first kappa shape index (κ1) is 28.0. The second-order valence-corrected chi connectivity index (χ2v) is 9.95. The van der Waals surface area contributed by atoms with Crippen LogP contribution in [0.5, 0.6) is 0 Å². The number of hydrogen-bond donors (Lipinski definition) is 2. The van der Waals surface area contributed by atoms with Crippen LogP contribution in [0, 0.1) is 11.8 Å². The maximum atomic E-state index is 13.6. The van der Waals surface area contributed by atoms with Crippen LogP contribution in [0.4, 0.5) is 24.8 Å². The highest BCUT2D eigenvalue weighted by Crippen LogP contribution is 2.29. The van der Waals surface area contributed by atoms with Crippen LogP contribution in [0.1, 0.15) is 51.7 Å². The topological polar surface area (TPSA) is 96.3 Å². The minimum Gasteiger partial charge on any atom is -0.355 e. The van der Waals surface area contributed by atoms with Gasteiger partial charge in [0.25, 0.3) is 11.5 Å². The molecule has 0 aliphatic carbocycles. The molecule has 41 heavy (non-hydrogen) atoms. The molecule has 2 amide bonds. The number of carbonyl (C=O) groups is 2. The van der Waals surface area contributed by atoms with E-state index in [9.17, 15) is 27.6 Å². The monoisotopic (exact) mass is 563 g/mol. The van der Waals surface area contributed by atoms with Gasteiger partial charge in [0.15, 0.2) is 0 Å². The van der Waals surface area contributed by atoms with Crippen molar-refractivity contribution in [1.29, 1.82) is 0 Å². The van der Waals surface area contributed by atoms with Crippen molar-refractivity contribution in [2.24, 2.45) is 0 Å². The molecule has 0 saturated heterocycles. The van der Waals surface area contributed by atoms with E-state index in [0.29, 0.717) is 72.8 Å². The third kappa shape index (κ3) is 6.11. The van der Waals surface area contributed by atoms with E-state index in [1.165, 1.54) is 16.7 Å². The molecule has 11 heteroatoms. The third-order valence-corrected chi connectivity index (χ3v) is 7.24. The molecule has 2 aliphatic rings. The zero-order chi connectivity index (χ0) is 29.1. The first-order valence-electron chi connectivity index (χ1n) is 13.3. The SMILES string of the molecule is CC#CCn1c(NCCc2ccc(C(F)(F)F)cc2)nc2c(c1=O)CN(C(=O)c1ccc3c(c1)CCC(=O)N3)CC2. The van der Waals surface area contributed by atoms with Crippen LogP contribution in [-0.4, -0.2) is 39.4 Å². The summed E-state index contributed by atoms with van der Waals surface area (Å²) >= 11 is 0. The summed E-state index contributed by atoms with van der Waals surface area (Å²) in [7, 11) is 0. The number of carbonyl (C=O) groups excluding carboxylic acids is 2. The number of fused-ring (bicyclic) bond motifs is 2. The average molecular weight is 564 g/mol. The molecule has 8 nitrogen and oxygen atoms in total. The number of nitrogens with one attached hydrogen (secondary N) is 2. The van der Waals surface area contributed by atoms with E-state index >= 15 is 0 Å². The van der Waals surface area contributed by atoms with Crippen molar-refractivity contribution in [3.8, 4) is 11.8 Å². The van der Waals surface area contributed by atoms with Crippen molar-refractivity contribution >= 4 is 23.5 Å². The Balaban J connectivity index is 1.32. The van der Waals surface area contributed by atoms with E-state index in [-0.39, 0.29) is 30.5 Å². The molecule has 212 valence electrons. The zero-order valence-corrected chi connectivity index (χ0v) is 22.4. The molecule has 2 aromatic carbocycles. The third-order valence-electron chi connectivity index (χ3n) is 7.24. The number of aryl methyl sites for hydroxylation is 1. The number of hydrogen-bond acceptors (Lipinski definition) is 5. The van der Waals surface area contributed by atoms with E-state index < -0.39 is 11.7 Å². The molecule has 0 spiro atoms. The molecule has 2 N–H and O–H groups in total. The Bertz CT molecular complexity index is 1620. The van der Waals surface area contributed by atoms with Crippen molar-refractivity contribution < 1.29 is 22.8 Å². The Kier molecular flexibility index (Phi) is 7.83. The fraction of sp³-hybridized carbons (Fsp3) is 0.333. The van der Waals surface area contributed by atoms with Gasteiger partial charge in [0.05, 0.1) is 29.9 Å². The Hall–Kier alpha value is -4.59. The highest BCUT2D eigenvalue weighted by molar-refractivity contribution is 5.98. The molecular formula is C30H28F3N5O3. The van der Waals surface area contributed by atoms with E-state index in [4.69, 9.17) is 4.98 Å². The maximum Gasteiger partial charge on any atom is 0.416 e. The van der Waals surface area contributed by atoms with Crippen LogP contribution in [0.2, 0.25) is 0 Å². The van der Waals surface area contributed by atoms with E-state index in [1.807, 2.05) is 0 Å². The quantitative estimate of drug-likeness (QED) is 0.442. The Morgan fingerprint density at radius 2 is 1.88 bits per heavy atom. The van der Waals surface area contributed by atoms with E-state index in [2.05, 4.69) is 22.5 Å². The van der Waals surface area contributed by atoms with Crippen LogP contribution in [-0.2, 0) is 43.3 Å². The number of benzene rings is 2. The second-order valence-electron chi connectivity index (χ2n) is 9.95. The van der Waals surface area contributed by atoms with Gasteiger partial charge >= 0.3 is 6.18 Å². The van der Waals surface area contributed by atoms with Gasteiger partial charge in [0.2, 0.25) is 11.9 Å². The molecular weight excluding hydrogens is 535 g/mol. The van der Waals surface area contributed by atoms with Crippen molar-refractivity contribution in [3.63, 3.8) is 0 Å². The molecule has 0 fully saturated rings. The predicted octanol–water partition coefficient (Wildman–Crippen LogP) is 4.02. The van der Waals surface area contributed by atoms with Crippen molar-refractivity contribution in [2.45, 2.75) is 51.9 Å². The number of amides is 2. The molecule has 0 unspecified atom stereocenters. The number of nitrogens with zero attached hydrogens (tertiary/aromatic N) is 3. The highest BCUT2D eigenvalue weighted by atomic mass is 19.4. The van der Waals surface area contributed by atoms with Crippen LogP contribution in [0.3, 0.4) is 0 Å². The molecule has 3 heterocycles. The van der Waals surface area contributed by atoms with Crippen LogP contribution in [0.15, 0.2) is 47.3 Å². The molecule has 5 rings (SSSR count). The minimum absolute atomic E-state index is 0.0470. The summed E-state index contributed by atoms with van der Waals surface area (Å²) in [6, 6.07) is 10.2. The Labute approximate surface area is 234 Å². The molecule has 1 aromatic heterocycles. The number of aromatic nitrogens is 2. The van der Waals surface area contributed by atoms with Crippen LogP contribution < -0.4 is 16.2 Å². The standard InChI is InChI=1S/C30H28F3N5O3/c1-2-3-15-38-28(41)23-18-37(27(40)21-6-10-24-20(17-21)7-11-26(39)35-24)16-13-25(23)36-29(38)34-14-12-19-4-8-22(9-5-19)30(31,32)33/h4-6,8-10,17H,7,11-16,18H2,1H3,(H,34,36)(H,35,39). The van der Waals surface area contributed by atoms with Gasteiger partial charge in [-0.3, -0.25) is 19.0 Å². The van der Waals surface area contributed by atoms with E-state index in [0.717, 1.165) is 17.7 Å². The minimum atomic E-state index is -4.39. The first-order valence-corrected chi connectivity index (χ1v) is 13.3. The summed E-state index contributed by atoms with van der Waals surface area (Å²) in [5, 5.41) is 5.96. The van der Waals surface area contributed by atoms with Gasteiger partial charge in [-0.2, -0.15) is 13.2 Å². The van der Waals surface area contributed by atoms with Gasteiger partial charge in [0.1, 0.15) is 0 Å². The van der Waals surface area contributed by atoms with E-state index in [1.54, 1.807) is 30.0 Å². The summed E-state index contributed by atoms with van der Waals surface area (Å²) in [4.78, 5) is 44.9. The van der Waals surface area contributed by atoms with Crippen molar-refractivity contribution in [1.82, 2.24) is 14.5 Å². The van der Waals surface area contributed by atoms with Crippen LogP contribution >= 0.6 is 0 Å². The van der Waals surface area contributed by atoms with Gasteiger partial charge in [-0.25, -0.2) is 4.98 Å². The average Bonchev–Trinajstić information content (AvgIpc) is 2.96. The molecule has 0 saturated carbocycles.